The lowest BCUT2D eigenvalue weighted by Crippen LogP contribution is -2.04. The molecule has 1 aromatic carbocycles. The van der Waals surface area contributed by atoms with E-state index in [1.165, 1.54) is 0 Å². The van der Waals surface area contributed by atoms with Gasteiger partial charge in [0.15, 0.2) is 23.3 Å². The number of nitrogens with zero attached hydrogens (tertiary/aromatic N) is 2. The number of benzene rings is 1. The van der Waals surface area contributed by atoms with E-state index in [4.69, 9.17) is 5.26 Å². The van der Waals surface area contributed by atoms with Crippen molar-refractivity contribution in [2.24, 2.45) is 0 Å². The van der Waals surface area contributed by atoms with Crippen molar-refractivity contribution in [3.63, 3.8) is 0 Å². The molecule has 0 saturated carbocycles. The molecule has 0 saturated heterocycles. The highest BCUT2D eigenvalue weighted by Gasteiger charge is 2.27. The maximum Gasteiger partial charge on any atom is 0.200 e. The Labute approximate surface area is 107 Å². The monoisotopic (exact) mass is 290 g/mol. The second-order valence-corrected chi connectivity index (χ2v) is 4.35. The van der Waals surface area contributed by atoms with Gasteiger partial charge in [-0.05, 0) is 0 Å². The third-order valence-electron chi connectivity index (χ3n) is 2.25. The van der Waals surface area contributed by atoms with E-state index in [2.05, 4.69) is 4.98 Å². The second kappa shape index (κ2) is 4.93. The molecule has 0 spiro atoms. The second-order valence-electron chi connectivity index (χ2n) is 3.41. The van der Waals surface area contributed by atoms with E-state index < -0.39 is 34.6 Å². The molecule has 0 aliphatic heterocycles. The molecule has 0 unspecified atom stereocenters. The summed E-state index contributed by atoms with van der Waals surface area (Å²) < 4.78 is 65.8. The van der Waals surface area contributed by atoms with Crippen molar-refractivity contribution in [2.45, 2.75) is 6.42 Å². The Kier molecular flexibility index (Phi) is 3.48. The van der Waals surface area contributed by atoms with Gasteiger partial charge in [-0.25, -0.2) is 26.9 Å². The van der Waals surface area contributed by atoms with Crippen molar-refractivity contribution in [1.29, 1.82) is 5.26 Å². The van der Waals surface area contributed by atoms with Crippen molar-refractivity contribution in [1.82, 2.24) is 4.98 Å². The van der Waals surface area contributed by atoms with Crippen LogP contribution in [0.5, 0.6) is 0 Å². The van der Waals surface area contributed by atoms with Crippen LogP contribution in [0, 0.1) is 40.4 Å². The zero-order valence-electron chi connectivity index (χ0n) is 8.98. The number of hydrogen-bond acceptors (Lipinski definition) is 3. The minimum Gasteiger partial charge on any atom is -0.240 e. The van der Waals surface area contributed by atoms with Crippen LogP contribution in [-0.4, -0.2) is 4.98 Å². The molecule has 0 radical (unpaired) electrons. The molecule has 0 atom stereocenters. The summed E-state index contributed by atoms with van der Waals surface area (Å²) in [6.07, 6.45) is -0.111. The summed E-state index contributed by atoms with van der Waals surface area (Å²) in [5, 5.41) is 9.79. The Balaban J connectivity index is 2.65. The number of aromatic nitrogens is 1. The highest BCUT2D eigenvalue weighted by Crippen LogP contribution is 2.32. The Morgan fingerprint density at radius 1 is 1.00 bits per heavy atom. The van der Waals surface area contributed by atoms with Gasteiger partial charge in [0.05, 0.1) is 23.7 Å². The van der Waals surface area contributed by atoms with Crippen LogP contribution in [0.4, 0.5) is 22.0 Å². The summed E-state index contributed by atoms with van der Waals surface area (Å²) in [7, 11) is 0. The van der Waals surface area contributed by atoms with Crippen LogP contribution < -0.4 is 0 Å². The van der Waals surface area contributed by atoms with Crippen molar-refractivity contribution in [3.05, 3.63) is 39.5 Å². The van der Waals surface area contributed by atoms with Gasteiger partial charge in [0.1, 0.15) is 5.01 Å². The number of thiazole rings is 1. The number of hydrogen-bond donors (Lipinski definition) is 0. The zero-order valence-corrected chi connectivity index (χ0v) is 9.79. The lowest BCUT2D eigenvalue weighted by molar-refractivity contribution is 0.381. The smallest absolute Gasteiger partial charge is 0.200 e. The Bertz CT molecular complexity index is 660. The van der Waals surface area contributed by atoms with Crippen LogP contribution in [0.25, 0.3) is 11.3 Å². The fraction of sp³-hybridized carbons (Fsp3) is 0.0909. The molecule has 2 aromatic rings. The molecule has 1 aromatic heterocycles. The summed E-state index contributed by atoms with van der Waals surface area (Å²) in [4.78, 5) is 3.66. The maximum absolute atomic E-state index is 13.5. The van der Waals surface area contributed by atoms with E-state index >= 15 is 0 Å². The molecule has 0 fully saturated rings. The van der Waals surface area contributed by atoms with Gasteiger partial charge in [0.25, 0.3) is 0 Å². The van der Waals surface area contributed by atoms with Crippen molar-refractivity contribution >= 4 is 11.3 Å². The van der Waals surface area contributed by atoms with Gasteiger partial charge >= 0.3 is 0 Å². The lowest BCUT2D eigenvalue weighted by Gasteiger charge is -2.05. The van der Waals surface area contributed by atoms with Crippen molar-refractivity contribution in [2.75, 3.05) is 0 Å². The number of halogens is 5. The Morgan fingerprint density at radius 2 is 1.53 bits per heavy atom. The minimum atomic E-state index is -2.22. The van der Waals surface area contributed by atoms with Crippen LogP contribution in [0.3, 0.4) is 0 Å². The van der Waals surface area contributed by atoms with Crippen LogP contribution in [-0.2, 0) is 6.42 Å². The van der Waals surface area contributed by atoms with Gasteiger partial charge in [-0.1, -0.05) is 0 Å². The van der Waals surface area contributed by atoms with E-state index in [-0.39, 0.29) is 17.1 Å². The SMILES string of the molecule is N#CCc1nc(-c2c(F)c(F)c(F)c(F)c2F)cs1. The predicted molar refractivity (Wildman–Crippen MR) is 56.7 cm³/mol. The minimum absolute atomic E-state index is 0.111. The topological polar surface area (TPSA) is 36.7 Å². The largest absolute Gasteiger partial charge is 0.240 e. The van der Waals surface area contributed by atoms with Gasteiger partial charge < -0.3 is 0 Å². The van der Waals surface area contributed by atoms with Crippen LogP contribution in [0.1, 0.15) is 5.01 Å². The van der Waals surface area contributed by atoms with E-state index in [1.54, 1.807) is 6.07 Å². The van der Waals surface area contributed by atoms with E-state index in [0.29, 0.717) is 0 Å². The predicted octanol–water partition coefficient (Wildman–Crippen LogP) is 3.57. The van der Waals surface area contributed by atoms with Gasteiger partial charge in [0, 0.05) is 5.38 Å². The van der Waals surface area contributed by atoms with Gasteiger partial charge in [-0.15, -0.1) is 11.3 Å². The molecule has 8 heteroatoms. The third-order valence-corrected chi connectivity index (χ3v) is 3.10. The summed E-state index contributed by atoms with van der Waals surface area (Å²) >= 11 is 0.897. The summed E-state index contributed by atoms with van der Waals surface area (Å²) in [6, 6.07) is 1.76. The maximum atomic E-state index is 13.5. The average Bonchev–Trinajstić information content (AvgIpc) is 2.83. The molecular formula is C11H3F5N2S. The first kappa shape index (κ1) is 13.4. The quantitative estimate of drug-likeness (QED) is 0.481. The van der Waals surface area contributed by atoms with Crippen LogP contribution in [0.2, 0.25) is 0 Å². The third kappa shape index (κ3) is 2.17. The van der Waals surface area contributed by atoms with E-state index in [1.807, 2.05) is 0 Å². The molecule has 2 rings (SSSR count). The normalized spacial score (nSPS) is 10.5. The average molecular weight is 290 g/mol. The zero-order chi connectivity index (χ0) is 14.2. The van der Waals surface area contributed by atoms with Gasteiger partial charge in [-0.2, -0.15) is 5.26 Å². The highest BCUT2D eigenvalue weighted by atomic mass is 32.1. The van der Waals surface area contributed by atoms with Gasteiger partial charge in [0.2, 0.25) is 5.82 Å². The van der Waals surface area contributed by atoms with Crippen LogP contribution >= 0.6 is 11.3 Å². The number of nitriles is 1. The molecule has 98 valence electrons. The van der Waals surface area contributed by atoms with Crippen molar-refractivity contribution < 1.29 is 22.0 Å². The Hall–Kier alpha value is -2.01. The fourth-order valence-corrected chi connectivity index (χ4v) is 2.12. The molecule has 0 amide bonds. The highest BCUT2D eigenvalue weighted by molar-refractivity contribution is 7.10. The summed E-state index contributed by atoms with van der Waals surface area (Å²) in [5.41, 5.74) is -1.47. The Morgan fingerprint density at radius 3 is 2.05 bits per heavy atom. The molecule has 0 bridgehead atoms. The lowest BCUT2D eigenvalue weighted by atomic mass is 10.1. The molecule has 19 heavy (non-hydrogen) atoms. The first-order valence-corrected chi connectivity index (χ1v) is 5.68. The fourth-order valence-electron chi connectivity index (χ4n) is 1.40. The van der Waals surface area contributed by atoms with E-state index in [9.17, 15) is 22.0 Å². The summed E-state index contributed by atoms with van der Waals surface area (Å²) in [5.74, 6) is -10.1. The first-order chi connectivity index (χ1) is 8.97. The standard InChI is InChI=1S/C11H3F5N2S/c12-7-6(4-3-19-5(18-4)1-2-17)8(13)10(15)11(16)9(7)14/h3H,1H2. The van der Waals surface area contributed by atoms with Crippen LogP contribution in [0.15, 0.2) is 5.38 Å². The molecular weight excluding hydrogens is 287 g/mol. The molecule has 1 heterocycles. The molecule has 2 nitrogen and oxygen atoms in total. The molecule has 0 aliphatic carbocycles. The van der Waals surface area contributed by atoms with Gasteiger partial charge in [-0.3, -0.25) is 0 Å². The van der Waals surface area contributed by atoms with E-state index in [0.717, 1.165) is 16.7 Å². The number of rotatable bonds is 2. The first-order valence-electron chi connectivity index (χ1n) is 4.80. The molecule has 0 N–H and O–H groups in total. The molecule has 0 aliphatic rings. The summed E-state index contributed by atoms with van der Waals surface area (Å²) in [6.45, 7) is 0. The van der Waals surface area contributed by atoms with Crippen molar-refractivity contribution in [3.8, 4) is 17.3 Å².